The zero-order valence-corrected chi connectivity index (χ0v) is 15.6. The fourth-order valence-corrected chi connectivity index (χ4v) is 3.22. The van der Waals surface area contributed by atoms with Crippen LogP contribution in [-0.4, -0.2) is 43.1 Å². The fourth-order valence-electron chi connectivity index (χ4n) is 3.22. The Bertz CT molecular complexity index is 1110. The first-order valence-electron chi connectivity index (χ1n) is 9.26. The number of anilines is 1. The van der Waals surface area contributed by atoms with Crippen LogP contribution >= 0.6 is 0 Å². The average molecular weight is 393 g/mol. The zero-order valence-electron chi connectivity index (χ0n) is 15.6. The summed E-state index contributed by atoms with van der Waals surface area (Å²) in [6.45, 7) is 2.30. The number of hydrogen-bond donors (Lipinski definition) is 1. The molecule has 1 amide bonds. The van der Waals surface area contributed by atoms with Gasteiger partial charge in [0.15, 0.2) is 5.82 Å². The van der Waals surface area contributed by atoms with E-state index in [-0.39, 0.29) is 11.6 Å². The van der Waals surface area contributed by atoms with Crippen molar-refractivity contribution in [3.8, 4) is 5.69 Å². The Labute approximate surface area is 166 Å². The van der Waals surface area contributed by atoms with E-state index >= 15 is 0 Å². The molecule has 0 atom stereocenters. The Hall–Kier alpha value is -3.75. The molecule has 1 saturated heterocycles. The third-order valence-corrected chi connectivity index (χ3v) is 4.64. The molecule has 4 heterocycles. The molecule has 0 radical (unpaired) electrons. The topological polar surface area (TPSA) is 94.3 Å². The van der Waals surface area contributed by atoms with Gasteiger partial charge in [0, 0.05) is 31.7 Å². The van der Waals surface area contributed by atoms with E-state index in [9.17, 15) is 9.18 Å². The van der Waals surface area contributed by atoms with Gasteiger partial charge >= 0.3 is 0 Å². The molecule has 1 aliphatic heterocycles. The van der Waals surface area contributed by atoms with Gasteiger partial charge in [-0.3, -0.25) is 4.79 Å². The van der Waals surface area contributed by atoms with Gasteiger partial charge < -0.3 is 15.0 Å². The minimum Gasteiger partial charge on any atom is -0.363 e. The van der Waals surface area contributed by atoms with Gasteiger partial charge in [-0.15, -0.1) is 5.10 Å². The third kappa shape index (κ3) is 4.08. The lowest BCUT2D eigenvalue weighted by Crippen LogP contribution is -2.19. The van der Waals surface area contributed by atoms with Crippen molar-refractivity contribution in [3.63, 3.8) is 0 Å². The van der Waals surface area contributed by atoms with Crippen LogP contribution in [0.3, 0.4) is 0 Å². The lowest BCUT2D eigenvalue weighted by molar-refractivity contribution is 0.0990. The van der Waals surface area contributed by atoms with Gasteiger partial charge in [0.1, 0.15) is 12.1 Å². The molecule has 0 aliphatic carbocycles. The van der Waals surface area contributed by atoms with Crippen LogP contribution in [0.4, 0.5) is 10.2 Å². The van der Waals surface area contributed by atoms with Crippen molar-refractivity contribution in [1.82, 2.24) is 24.1 Å². The highest BCUT2D eigenvalue weighted by atomic mass is 19.1. The summed E-state index contributed by atoms with van der Waals surface area (Å²) >= 11 is 0. The number of halogens is 1. The summed E-state index contributed by atoms with van der Waals surface area (Å²) in [7, 11) is 0. The highest BCUT2D eigenvalue weighted by Crippen LogP contribution is 2.22. The SMILES string of the molecule is NC(=O)c1ncn(-c2ccc(F)cc2)n1.c1cc2c(N3CCCC3)nccn2c1. The van der Waals surface area contributed by atoms with Crippen LogP contribution in [0.5, 0.6) is 0 Å². The van der Waals surface area contributed by atoms with Gasteiger partial charge in [0.2, 0.25) is 5.82 Å². The van der Waals surface area contributed by atoms with Crippen LogP contribution in [0.25, 0.3) is 11.2 Å². The molecule has 0 bridgehead atoms. The van der Waals surface area contributed by atoms with E-state index in [0.29, 0.717) is 5.69 Å². The Kier molecular flexibility index (Phi) is 5.19. The predicted molar refractivity (Wildman–Crippen MR) is 106 cm³/mol. The van der Waals surface area contributed by atoms with Crippen molar-refractivity contribution in [1.29, 1.82) is 0 Å². The van der Waals surface area contributed by atoms with Crippen LogP contribution < -0.4 is 10.6 Å². The number of carbonyl (C=O) groups is 1. The molecule has 148 valence electrons. The molecule has 5 rings (SSSR count). The number of benzene rings is 1. The Morgan fingerprint density at radius 3 is 2.48 bits per heavy atom. The number of nitrogens with zero attached hydrogens (tertiary/aromatic N) is 6. The number of fused-ring (bicyclic) bond motifs is 1. The lowest BCUT2D eigenvalue weighted by Gasteiger charge is -2.17. The predicted octanol–water partition coefficient (Wildman–Crippen LogP) is 2.44. The molecule has 8 nitrogen and oxygen atoms in total. The van der Waals surface area contributed by atoms with Crippen molar-refractivity contribution in [3.05, 3.63) is 73.0 Å². The molecule has 1 aromatic carbocycles. The van der Waals surface area contributed by atoms with Crippen LogP contribution in [0, 0.1) is 5.82 Å². The molecule has 0 saturated carbocycles. The first-order chi connectivity index (χ1) is 14.1. The standard InChI is InChI=1S/C11H13N3.C9H7FN4O/c1-2-7-14(6-1)11-10-4-3-8-13(10)9-5-12-11;10-6-1-3-7(4-2-6)14-5-12-9(13-14)8(11)15/h3-5,8-9H,1-2,6-7H2;1-5H,(H2,11,15). The zero-order chi connectivity index (χ0) is 20.2. The smallest absolute Gasteiger partial charge is 0.288 e. The first-order valence-corrected chi connectivity index (χ1v) is 9.26. The van der Waals surface area contributed by atoms with E-state index in [1.165, 1.54) is 53.6 Å². The van der Waals surface area contributed by atoms with Crippen molar-refractivity contribution in [2.45, 2.75) is 12.8 Å². The molecule has 9 heteroatoms. The van der Waals surface area contributed by atoms with Crippen LogP contribution in [0.2, 0.25) is 0 Å². The average Bonchev–Trinajstić information content (AvgIpc) is 3.49. The second-order valence-corrected chi connectivity index (χ2v) is 6.60. The number of nitrogens with two attached hydrogens (primary N) is 1. The molecule has 0 spiro atoms. The summed E-state index contributed by atoms with van der Waals surface area (Å²) in [5, 5.41) is 3.82. The van der Waals surface area contributed by atoms with Crippen molar-refractivity contribution < 1.29 is 9.18 Å². The quantitative estimate of drug-likeness (QED) is 0.577. The molecule has 1 fully saturated rings. The number of carbonyl (C=O) groups excluding carboxylic acids is 1. The summed E-state index contributed by atoms with van der Waals surface area (Å²) in [4.78, 5) is 21.3. The summed E-state index contributed by atoms with van der Waals surface area (Å²) in [5.74, 6) is 0.0270. The highest BCUT2D eigenvalue weighted by Gasteiger charge is 2.15. The van der Waals surface area contributed by atoms with Gasteiger partial charge in [-0.05, 0) is 49.2 Å². The maximum Gasteiger partial charge on any atom is 0.288 e. The van der Waals surface area contributed by atoms with E-state index in [1.807, 2.05) is 12.4 Å². The molecule has 3 aromatic heterocycles. The summed E-state index contributed by atoms with van der Waals surface area (Å²) in [6.07, 6.45) is 9.87. The second kappa shape index (κ2) is 8.09. The van der Waals surface area contributed by atoms with Gasteiger partial charge in [-0.2, -0.15) is 0 Å². The van der Waals surface area contributed by atoms with E-state index in [2.05, 4.69) is 42.7 Å². The van der Waals surface area contributed by atoms with Crippen LogP contribution in [0.15, 0.2) is 61.3 Å². The number of rotatable bonds is 3. The van der Waals surface area contributed by atoms with Crippen LogP contribution in [-0.2, 0) is 0 Å². The monoisotopic (exact) mass is 393 g/mol. The normalized spacial score (nSPS) is 13.3. The maximum atomic E-state index is 12.6. The molecule has 4 aromatic rings. The number of primary amides is 1. The van der Waals surface area contributed by atoms with Gasteiger partial charge in [0.25, 0.3) is 5.91 Å². The molecule has 1 aliphatic rings. The van der Waals surface area contributed by atoms with Crippen molar-refractivity contribution in [2.24, 2.45) is 5.73 Å². The van der Waals surface area contributed by atoms with E-state index < -0.39 is 5.91 Å². The summed E-state index contributed by atoms with van der Waals surface area (Å²) in [6, 6.07) is 9.82. The summed E-state index contributed by atoms with van der Waals surface area (Å²) < 4.78 is 16.1. The van der Waals surface area contributed by atoms with Gasteiger partial charge in [-0.1, -0.05) is 0 Å². The number of hydrogen-bond acceptors (Lipinski definition) is 5. The molecular weight excluding hydrogens is 373 g/mol. The largest absolute Gasteiger partial charge is 0.363 e. The Balaban J connectivity index is 0.000000141. The van der Waals surface area contributed by atoms with E-state index in [4.69, 9.17) is 5.73 Å². The van der Waals surface area contributed by atoms with E-state index in [1.54, 1.807) is 0 Å². The highest BCUT2D eigenvalue weighted by molar-refractivity contribution is 5.88. The fraction of sp³-hybridized carbons (Fsp3) is 0.200. The number of amides is 1. The van der Waals surface area contributed by atoms with Crippen molar-refractivity contribution in [2.75, 3.05) is 18.0 Å². The molecule has 2 N–H and O–H groups in total. The van der Waals surface area contributed by atoms with Gasteiger partial charge in [-0.25, -0.2) is 19.0 Å². The number of aromatic nitrogens is 5. The Morgan fingerprint density at radius 1 is 1.03 bits per heavy atom. The maximum absolute atomic E-state index is 12.6. The van der Waals surface area contributed by atoms with Gasteiger partial charge in [0.05, 0.1) is 11.2 Å². The summed E-state index contributed by atoms with van der Waals surface area (Å²) in [5.41, 5.74) is 6.82. The molecular formula is C20H20FN7O. The minimum absolute atomic E-state index is 0.0701. The van der Waals surface area contributed by atoms with Crippen molar-refractivity contribution >= 4 is 17.2 Å². The lowest BCUT2D eigenvalue weighted by atomic mass is 10.3. The minimum atomic E-state index is -0.698. The second-order valence-electron chi connectivity index (χ2n) is 6.60. The van der Waals surface area contributed by atoms with E-state index in [0.717, 1.165) is 18.9 Å². The molecule has 29 heavy (non-hydrogen) atoms. The molecule has 0 unspecified atom stereocenters. The Morgan fingerprint density at radius 2 is 1.79 bits per heavy atom. The first kappa shape index (κ1) is 18.6. The third-order valence-electron chi connectivity index (χ3n) is 4.64. The van der Waals surface area contributed by atoms with Crippen LogP contribution in [0.1, 0.15) is 23.5 Å².